The Morgan fingerprint density at radius 3 is 2.56 bits per heavy atom. The highest BCUT2D eigenvalue weighted by Gasteiger charge is 2.16. The van der Waals surface area contributed by atoms with E-state index in [2.05, 4.69) is 0 Å². The molecule has 1 rings (SSSR count). The molecule has 1 aromatic carbocycles. The zero-order valence-electron chi connectivity index (χ0n) is 9.94. The summed E-state index contributed by atoms with van der Waals surface area (Å²) >= 11 is 0. The van der Waals surface area contributed by atoms with E-state index in [1.165, 1.54) is 6.07 Å². The second-order valence-electron chi connectivity index (χ2n) is 4.20. The summed E-state index contributed by atoms with van der Waals surface area (Å²) in [6.45, 7) is 3.86. The Morgan fingerprint density at radius 2 is 2.06 bits per heavy atom. The number of nitrogens with zero attached hydrogens (tertiary/aromatic N) is 1. The Morgan fingerprint density at radius 1 is 1.44 bits per heavy atom. The van der Waals surface area contributed by atoms with Crippen LogP contribution in [0.3, 0.4) is 0 Å². The Labute approximate surface area is 95.7 Å². The third kappa shape index (κ3) is 2.93. The number of likely N-dealkylation sites (N-methyl/N-ethyl adjacent to an activating group) is 1. The predicted octanol–water partition coefficient (Wildman–Crippen LogP) is 1.66. The molecule has 0 saturated carbocycles. The fraction of sp³-hybridized carbons (Fsp3) is 0.500. The van der Waals surface area contributed by atoms with Crippen molar-refractivity contribution in [1.29, 1.82) is 0 Å². The number of anilines is 1. The number of hydrogen-bond acceptors (Lipinski definition) is 3. The van der Waals surface area contributed by atoms with Crippen molar-refractivity contribution in [1.82, 2.24) is 0 Å². The lowest BCUT2D eigenvalue weighted by Crippen LogP contribution is -2.29. The normalized spacial score (nSPS) is 14.6. The maximum absolute atomic E-state index is 13.7. The molecule has 0 bridgehead atoms. The van der Waals surface area contributed by atoms with Crippen molar-refractivity contribution < 1.29 is 9.50 Å². The van der Waals surface area contributed by atoms with Gasteiger partial charge in [-0.2, -0.15) is 0 Å². The molecule has 0 aliphatic rings. The summed E-state index contributed by atoms with van der Waals surface area (Å²) < 4.78 is 13.7. The van der Waals surface area contributed by atoms with E-state index in [-0.39, 0.29) is 11.9 Å². The average molecular weight is 226 g/mol. The molecule has 0 saturated heterocycles. The summed E-state index contributed by atoms with van der Waals surface area (Å²) in [5.74, 6) is -0.307. The lowest BCUT2D eigenvalue weighted by Gasteiger charge is -2.25. The number of aliphatic hydroxyl groups excluding tert-OH is 1. The van der Waals surface area contributed by atoms with Crippen molar-refractivity contribution in [3.8, 4) is 0 Å². The number of hydrogen-bond donors (Lipinski definition) is 2. The molecule has 0 aliphatic heterocycles. The molecule has 16 heavy (non-hydrogen) atoms. The molecule has 0 aliphatic carbocycles. The summed E-state index contributed by atoms with van der Waals surface area (Å²) in [4.78, 5) is 1.69. The van der Waals surface area contributed by atoms with Gasteiger partial charge < -0.3 is 15.7 Å². The first-order valence-corrected chi connectivity index (χ1v) is 5.36. The van der Waals surface area contributed by atoms with Crippen LogP contribution in [0.15, 0.2) is 18.2 Å². The van der Waals surface area contributed by atoms with Crippen LogP contribution in [0.4, 0.5) is 10.1 Å². The molecule has 0 radical (unpaired) electrons. The fourth-order valence-electron chi connectivity index (χ4n) is 1.79. The van der Waals surface area contributed by atoms with E-state index in [9.17, 15) is 9.50 Å². The van der Waals surface area contributed by atoms with Crippen LogP contribution < -0.4 is 10.6 Å². The molecular formula is C12H19FN2O. The summed E-state index contributed by atoms with van der Waals surface area (Å²) in [5.41, 5.74) is 7.02. The highest BCUT2D eigenvalue weighted by Crippen LogP contribution is 2.27. The summed E-state index contributed by atoms with van der Waals surface area (Å²) in [6.07, 6.45) is -0.509. The molecule has 0 fully saturated rings. The number of rotatable bonds is 4. The van der Waals surface area contributed by atoms with Gasteiger partial charge in [-0.1, -0.05) is 12.1 Å². The van der Waals surface area contributed by atoms with Crippen LogP contribution in [0.25, 0.3) is 0 Å². The van der Waals surface area contributed by atoms with Gasteiger partial charge >= 0.3 is 0 Å². The van der Waals surface area contributed by atoms with Gasteiger partial charge in [-0.05, 0) is 25.5 Å². The van der Waals surface area contributed by atoms with E-state index >= 15 is 0 Å². The summed E-state index contributed by atoms with van der Waals surface area (Å²) in [7, 11) is 1.75. The van der Waals surface area contributed by atoms with Gasteiger partial charge in [0.05, 0.1) is 11.8 Å². The Bertz CT molecular complexity index is 353. The van der Waals surface area contributed by atoms with E-state index in [0.717, 1.165) is 5.56 Å². The minimum absolute atomic E-state index is 0.234. The summed E-state index contributed by atoms with van der Waals surface area (Å²) in [5, 5.41) is 9.31. The molecular weight excluding hydrogens is 207 g/mol. The van der Waals surface area contributed by atoms with E-state index < -0.39 is 6.10 Å². The molecule has 0 heterocycles. The van der Waals surface area contributed by atoms with Crippen LogP contribution >= 0.6 is 0 Å². The molecule has 1 aromatic rings. The van der Waals surface area contributed by atoms with Gasteiger partial charge in [0.1, 0.15) is 5.82 Å². The Hall–Kier alpha value is -1.13. The topological polar surface area (TPSA) is 49.5 Å². The molecule has 0 spiro atoms. The van der Waals surface area contributed by atoms with Gasteiger partial charge in [0.25, 0.3) is 0 Å². The lowest BCUT2D eigenvalue weighted by atomic mass is 10.1. The van der Waals surface area contributed by atoms with E-state index in [1.54, 1.807) is 24.9 Å². The van der Waals surface area contributed by atoms with Gasteiger partial charge in [-0.25, -0.2) is 4.39 Å². The monoisotopic (exact) mass is 226 g/mol. The van der Waals surface area contributed by atoms with Crippen molar-refractivity contribution >= 4 is 5.69 Å². The van der Waals surface area contributed by atoms with Crippen molar-refractivity contribution in [2.24, 2.45) is 5.73 Å². The second kappa shape index (κ2) is 5.27. The van der Waals surface area contributed by atoms with Crippen molar-refractivity contribution in [3.05, 3.63) is 29.6 Å². The highest BCUT2D eigenvalue weighted by atomic mass is 19.1. The smallest absolute Gasteiger partial charge is 0.146 e. The largest absolute Gasteiger partial charge is 0.392 e. The van der Waals surface area contributed by atoms with Gasteiger partial charge in [0, 0.05) is 19.6 Å². The predicted molar refractivity (Wildman–Crippen MR) is 64.0 cm³/mol. The third-order valence-corrected chi connectivity index (χ3v) is 2.43. The molecule has 3 nitrogen and oxygen atoms in total. The molecule has 3 N–H and O–H groups in total. The first kappa shape index (κ1) is 12.9. The molecule has 0 aromatic heterocycles. The zero-order chi connectivity index (χ0) is 12.3. The number of nitrogens with two attached hydrogens (primary N) is 1. The number of benzene rings is 1. The Kier molecular flexibility index (Phi) is 4.26. The van der Waals surface area contributed by atoms with Crippen LogP contribution in [0.2, 0.25) is 0 Å². The van der Waals surface area contributed by atoms with Crippen LogP contribution in [-0.4, -0.2) is 24.8 Å². The maximum Gasteiger partial charge on any atom is 0.146 e. The fourth-order valence-corrected chi connectivity index (χ4v) is 1.79. The van der Waals surface area contributed by atoms with Gasteiger partial charge in [0.15, 0.2) is 0 Å². The highest BCUT2D eigenvalue weighted by molar-refractivity contribution is 5.55. The molecule has 0 amide bonds. The van der Waals surface area contributed by atoms with Crippen LogP contribution in [0.1, 0.15) is 25.5 Å². The van der Waals surface area contributed by atoms with E-state index in [4.69, 9.17) is 5.73 Å². The first-order valence-electron chi connectivity index (χ1n) is 5.36. The van der Waals surface area contributed by atoms with Gasteiger partial charge in [-0.15, -0.1) is 0 Å². The molecule has 1 unspecified atom stereocenters. The van der Waals surface area contributed by atoms with Crippen LogP contribution in [-0.2, 0) is 0 Å². The number of aliphatic hydroxyl groups is 1. The minimum Gasteiger partial charge on any atom is -0.392 e. The number of para-hydroxylation sites is 1. The minimum atomic E-state index is -0.509. The summed E-state index contributed by atoms with van der Waals surface area (Å²) in [6, 6.07) is 4.62. The van der Waals surface area contributed by atoms with Gasteiger partial charge in [-0.3, -0.25) is 0 Å². The third-order valence-electron chi connectivity index (χ3n) is 2.43. The number of halogens is 1. The maximum atomic E-state index is 13.7. The van der Waals surface area contributed by atoms with Crippen molar-refractivity contribution in [2.75, 3.05) is 18.5 Å². The van der Waals surface area contributed by atoms with Crippen LogP contribution in [0.5, 0.6) is 0 Å². The average Bonchev–Trinajstić information content (AvgIpc) is 2.15. The first-order chi connectivity index (χ1) is 7.43. The quantitative estimate of drug-likeness (QED) is 0.821. The van der Waals surface area contributed by atoms with E-state index in [1.807, 2.05) is 13.0 Å². The molecule has 4 heteroatoms. The van der Waals surface area contributed by atoms with Crippen molar-refractivity contribution in [2.45, 2.75) is 26.0 Å². The standard InChI is InChI=1S/C12H19FN2O/c1-8(16)7-15(3)12-10(9(2)14)5-4-6-11(12)13/h4-6,8-9,16H,7,14H2,1-3H3/t8?,9-/m1/s1. The Balaban J connectivity index is 3.09. The molecule has 90 valence electrons. The molecule has 2 atom stereocenters. The zero-order valence-corrected chi connectivity index (χ0v) is 9.94. The van der Waals surface area contributed by atoms with E-state index in [0.29, 0.717) is 12.2 Å². The van der Waals surface area contributed by atoms with Gasteiger partial charge in [0.2, 0.25) is 0 Å². The van der Waals surface area contributed by atoms with Crippen LogP contribution in [0, 0.1) is 5.82 Å². The van der Waals surface area contributed by atoms with Crippen molar-refractivity contribution in [3.63, 3.8) is 0 Å². The SMILES string of the molecule is CC(O)CN(C)c1c(F)cccc1[C@@H](C)N. The lowest BCUT2D eigenvalue weighted by molar-refractivity contribution is 0.201. The second-order valence-corrected chi connectivity index (χ2v) is 4.20.